The Hall–Kier alpha value is -2.95. The molecule has 0 saturated carbocycles. The fourth-order valence-corrected chi connectivity index (χ4v) is 3.76. The van der Waals surface area contributed by atoms with Crippen LogP contribution in [0.25, 0.3) is 5.82 Å². The molecule has 1 atom stereocenters. The zero-order valence-electron chi connectivity index (χ0n) is 15.6. The zero-order valence-corrected chi connectivity index (χ0v) is 16.4. The van der Waals surface area contributed by atoms with Crippen molar-refractivity contribution < 1.29 is 13.2 Å². The zero-order chi connectivity index (χ0) is 21.3. The third-order valence-corrected chi connectivity index (χ3v) is 5.32. The van der Waals surface area contributed by atoms with E-state index < -0.39 is 17.3 Å². The number of halogens is 4. The standard InChI is InChI=1S/C18H17ClF3N7O/c19-16-14(27-5-1-2-12(8-27)9-28-11-23-10-26-28)7-25-29(17(16)30)15-4-3-13(6-24-15)18(20,21)22/h3-4,6-7,10-12H,1-2,5,8-9H2. The second-order valence-electron chi connectivity index (χ2n) is 7.04. The van der Waals surface area contributed by atoms with Crippen LogP contribution in [0.1, 0.15) is 18.4 Å². The van der Waals surface area contributed by atoms with Crippen LogP contribution >= 0.6 is 11.6 Å². The molecule has 0 bridgehead atoms. The Bertz CT molecular complexity index is 1070. The quantitative estimate of drug-likeness (QED) is 0.621. The molecule has 0 spiro atoms. The Balaban J connectivity index is 1.56. The van der Waals surface area contributed by atoms with E-state index in [1.54, 1.807) is 11.0 Å². The first-order valence-corrected chi connectivity index (χ1v) is 9.59. The van der Waals surface area contributed by atoms with Crippen LogP contribution in [-0.4, -0.2) is 42.6 Å². The maximum atomic E-state index is 12.7. The average Bonchev–Trinajstić information content (AvgIpc) is 3.23. The van der Waals surface area contributed by atoms with Gasteiger partial charge in [-0.2, -0.15) is 28.1 Å². The van der Waals surface area contributed by atoms with Crippen molar-refractivity contribution in [2.24, 2.45) is 5.92 Å². The molecule has 1 unspecified atom stereocenters. The second-order valence-corrected chi connectivity index (χ2v) is 7.41. The minimum absolute atomic E-state index is 0.0378. The van der Waals surface area contributed by atoms with Gasteiger partial charge in [0.2, 0.25) is 0 Å². The molecular weight excluding hydrogens is 423 g/mol. The molecule has 8 nitrogen and oxygen atoms in total. The molecule has 30 heavy (non-hydrogen) atoms. The highest BCUT2D eigenvalue weighted by molar-refractivity contribution is 6.33. The van der Waals surface area contributed by atoms with Gasteiger partial charge in [0.15, 0.2) is 5.82 Å². The summed E-state index contributed by atoms with van der Waals surface area (Å²) in [7, 11) is 0. The lowest BCUT2D eigenvalue weighted by Gasteiger charge is -2.34. The number of hydrogen-bond acceptors (Lipinski definition) is 6. The Kier molecular flexibility index (Phi) is 5.46. The minimum Gasteiger partial charge on any atom is -0.369 e. The molecule has 3 aromatic rings. The molecule has 4 heterocycles. The van der Waals surface area contributed by atoms with Crippen molar-refractivity contribution in [1.29, 1.82) is 0 Å². The van der Waals surface area contributed by atoms with Crippen molar-refractivity contribution >= 4 is 17.3 Å². The van der Waals surface area contributed by atoms with Crippen LogP contribution in [-0.2, 0) is 12.7 Å². The summed E-state index contributed by atoms with van der Waals surface area (Å²) >= 11 is 6.33. The lowest BCUT2D eigenvalue weighted by molar-refractivity contribution is -0.137. The number of pyridine rings is 1. The van der Waals surface area contributed by atoms with Crippen LogP contribution < -0.4 is 10.5 Å². The van der Waals surface area contributed by atoms with Gasteiger partial charge in [0, 0.05) is 25.8 Å². The lowest BCUT2D eigenvalue weighted by Crippen LogP contribution is -2.38. The van der Waals surface area contributed by atoms with Crippen LogP contribution in [0.5, 0.6) is 0 Å². The number of alkyl halides is 3. The molecule has 0 radical (unpaired) electrons. The van der Waals surface area contributed by atoms with Crippen molar-refractivity contribution in [2.75, 3.05) is 18.0 Å². The van der Waals surface area contributed by atoms with E-state index in [1.165, 1.54) is 12.5 Å². The molecule has 1 fully saturated rings. The number of nitrogens with zero attached hydrogens (tertiary/aromatic N) is 7. The van der Waals surface area contributed by atoms with E-state index in [1.807, 2.05) is 4.90 Å². The summed E-state index contributed by atoms with van der Waals surface area (Å²) < 4.78 is 40.8. The van der Waals surface area contributed by atoms with E-state index in [0.717, 1.165) is 36.2 Å². The Labute approximate surface area is 173 Å². The number of rotatable bonds is 4. The topological polar surface area (TPSA) is 81.7 Å². The highest BCUT2D eigenvalue weighted by Gasteiger charge is 2.31. The van der Waals surface area contributed by atoms with Gasteiger partial charge in [0.25, 0.3) is 5.56 Å². The predicted molar refractivity (Wildman–Crippen MR) is 103 cm³/mol. The summed E-state index contributed by atoms with van der Waals surface area (Å²) in [5, 5.41) is 8.16. The van der Waals surface area contributed by atoms with Crippen molar-refractivity contribution in [3.63, 3.8) is 0 Å². The van der Waals surface area contributed by atoms with Crippen LogP contribution in [0.15, 0.2) is 42.0 Å². The fourth-order valence-electron chi connectivity index (χ4n) is 3.51. The summed E-state index contributed by atoms with van der Waals surface area (Å²) in [5.74, 6) is 0.264. The van der Waals surface area contributed by atoms with E-state index in [-0.39, 0.29) is 10.8 Å². The number of piperidine rings is 1. The third kappa shape index (κ3) is 4.16. The number of hydrogen-bond donors (Lipinski definition) is 0. The van der Waals surface area contributed by atoms with Crippen molar-refractivity contribution in [3.8, 4) is 5.82 Å². The second kappa shape index (κ2) is 8.05. The summed E-state index contributed by atoms with van der Waals surface area (Å²) in [5.41, 5.74) is -1.05. The van der Waals surface area contributed by atoms with E-state index in [0.29, 0.717) is 30.9 Å². The molecule has 1 aliphatic heterocycles. The molecule has 158 valence electrons. The molecular formula is C18H17ClF3N7O. The Morgan fingerprint density at radius 2 is 2.03 bits per heavy atom. The summed E-state index contributed by atoms with van der Waals surface area (Å²) in [6.07, 6.45) is 2.66. The highest BCUT2D eigenvalue weighted by atomic mass is 35.5. The third-order valence-electron chi connectivity index (χ3n) is 4.96. The van der Waals surface area contributed by atoms with Gasteiger partial charge >= 0.3 is 6.18 Å². The number of anilines is 1. The van der Waals surface area contributed by atoms with Gasteiger partial charge in [0.05, 0.1) is 17.4 Å². The Morgan fingerprint density at radius 3 is 2.70 bits per heavy atom. The molecule has 3 aromatic heterocycles. The van der Waals surface area contributed by atoms with E-state index in [4.69, 9.17) is 11.6 Å². The van der Waals surface area contributed by atoms with Crippen LogP contribution in [0.3, 0.4) is 0 Å². The van der Waals surface area contributed by atoms with E-state index >= 15 is 0 Å². The van der Waals surface area contributed by atoms with Gasteiger partial charge in [-0.05, 0) is 30.9 Å². The van der Waals surface area contributed by atoms with Crippen LogP contribution in [0, 0.1) is 5.92 Å². The van der Waals surface area contributed by atoms with Gasteiger partial charge in [-0.1, -0.05) is 11.6 Å². The largest absolute Gasteiger partial charge is 0.417 e. The summed E-state index contributed by atoms with van der Waals surface area (Å²) in [4.78, 5) is 22.4. The van der Waals surface area contributed by atoms with Gasteiger partial charge < -0.3 is 4.90 Å². The maximum Gasteiger partial charge on any atom is 0.417 e. The highest BCUT2D eigenvalue weighted by Crippen LogP contribution is 2.29. The van der Waals surface area contributed by atoms with E-state index in [9.17, 15) is 18.0 Å². The van der Waals surface area contributed by atoms with Gasteiger partial charge in [-0.15, -0.1) is 0 Å². The molecule has 0 amide bonds. The van der Waals surface area contributed by atoms with Crippen molar-refractivity contribution in [1.82, 2.24) is 29.5 Å². The first-order valence-electron chi connectivity index (χ1n) is 9.22. The first kappa shape index (κ1) is 20.3. The lowest BCUT2D eigenvalue weighted by atomic mass is 9.98. The monoisotopic (exact) mass is 439 g/mol. The molecule has 1 aliphatic rings. The maximum absolute atomic E-state index is 12.7. The van der Waals surface area contributed by atoms with Crippen LogP contribution in [0.2, 0.25) is 5.02 Å². The smallest absolute Gasteiger partial charge is 0.369 e. The first-order chi connectivity index (χ1) is 14.3. The number of aromatic nitrogens is 6. The predicted octanol–water partition coefficient (Wildman–Crippen LogP) is 2.81. The Morgan fingerprint density at radius 1 is 1.20 bits per heavy atom. The van der Waals surface area contributed by atoms with Gasteiger partial charge in [-0.3, -0.25) is 9.48 Å². The van der Waals surface area contributed by atoms with E-state index in [2.05, 4.69) is 20.2 Å². The minimum atomic E-state index is -4.51. The molecule has 12 heteroatoms. The average molecular weight is 440 g/mol. The molecule has 4 rings (SSSR count). The van der Waals surface area contributed by atoms with Crippen molar-refractivity contribution in [3.05, 3.63) is 58.1 Å². The van der Waals surface area contributed by atoms with Crippen molar-refractivity contribution in [2.45, 2.75) is 25.6 Å². The molecule has 0 N–H and O–H groups in total. The summed E-state index contributed by atoms with van der Waals surface area (Å²) in [6.45, 7) is 2.09. The fraction of sp³-hybridized carbons (Fsp3) is 0.389. The SMILES string of the molecule is O=c1c(Cl)c(N2CCCC(Cn3cncn3)C2)cnn1-c1ccc(C(F)(F)F)cn1. The van der Waals surface area contributed by atoms with Crippen LogP contribution in [0.4, 0.5) is 18.9 Å². The molecule has 1 saturated heterocycles. The van der Waals surface area contributed by atoms with Gasteiger partial charge in [-0.25, -0.2) is 9.97 Å². The molecule has 0 aliphatic carbocycles. The summed E-state index contributed by atoms with van der Waals surface area (Å²) in [6, 6.07) is 1.93. The normalized spacial score (nSPS) is 17.3. The van der Waals surface area contributed by atoms with Gasteiger partial charge in [0.1, 0.15) is 17.7 Å². The molecule has 0 aromatic carbocycles.